The normalized spacial score (nSPS) is 11.8. The summed E-state index contributed by atoms with van der Waals surface area (Å²) in [5.74, 6) is 0. The van der Waals surface area contributed by atoms with Crippen LogP contribution in [-0.2, 0) is 0 Å². The van der Waals surface area contributed by atoms with E-state index in [0.717, 1.165) is 0 Å². The molecule has 0 spiro atoms. The van der Waals surface area contributed by atoms with Crippen molar-refractivity contribution < 1.29 is 0 Å². The number of hydrogen-bond donors (Lipinski definition) is 2. The third-order valence-corrected chi connectivity index (χ3v) is 5.11. The Balaban J connectivity index is 2.00. The summed E-state index contributed by atoms with van der Waals surface area (Å²) in [6, 6.07) is 13.6. The van der Waals surface area contributed by atoms with E-state index in [4.69, 9.17) is 23.2 Å². The number of rotatable bonds is 0. The SMILES string of the molecule is O=c1c2ccc(Cl)cc2[nH]c2cc3c(=O)c4cc(Cl)ccc4[nH]c3cc12. The van der Waals surface area contributed by atoms with Gasteiger partial charge in [0.15, 0.2) is 10.9 Å². The predicted octanol–water partition coefficient (Wildman–Crippen LogP) is 4.98. The molecule has 5 aromatic rings. The summed E-state index contributed by atoms with van der Waals surface area (Å²) in [5.41, 5.74) is 2.26. The van der Waals surface area contributed by atoms with Crippen LogP contribution in [0.25, 0.3) is 43.6 Å². The van der Waals surface area contributed by atoms with Gasteiger partial charge in [-0.15, -0.1) is 0 Å². The van der Waals surface area contributed by atoms with Crippen LogP contribution < -0.4 is 10.9 Å². The molecular weight excluding hydrogens is 371 g/mol. The molecule has 0 radical (unpaired) electrons. The Kier molecular flexibility index (Phi) is 3.17. The van der Waals surface area contributed by atoms with Gasteiger partial charge in [0.2, 0.25) is 0 Å². The lowest BCUT2D eigenvalue weighted by molar-refractivity contribution is 1.46. The van der Waals surface area contributed by atoms with Gasteiger partial charge in [0.05, 0.1) is 16.6 Å². The molecule has 0 unspecified atom stereocenters. The number of halogens is 2. The summed E-state index contributed by atoms with van der Waals surface area (Å²) in [6.45, 7) is 0. The second-order valence-corrected chi connectivity index (χ2v) is 7.10. The lowest BCUT2D eigenvalue weighted by Crippen LogP contribution is -2.08. The number of hydrogen-bond acceptors (Lipinski definition) is 2. The van der Waals surface area contributed by atoms with Gasteiger partial charge in [0.25, 0.3) is 0 Å². The molecular formula is C20H10Cl2N2O2. The van der Waals surface area contributed by atoms with E-state index in [9.17, 15) is 9.59 Å². The van der Waals surface area contributed by atoms with Crippen LogP contribution in [0.3, 0.4) is 0 Å². The Bertz CT molecular complexity index is 1500. The standard InChI is InChI=1S/C20H10Cl2N2O2/c21-9-2-4-15-12(5-9)20(26)14-8-18-13(7-17(14)23-15)19(25)11-3-1-10(22)6-16(11)24-18/h1-8H,(H,23,26)(H,24,25). The molecule has 0 bridgehead atoms. The van der Waals surface area contributed by atoms with Crippen molar-refractivity contribution in [1.82, 2.24) is 9.97 Å². The van der Waals surface area contributed by atoms with Crippen molar-refractivity contribution in [3.05, 3.63) is 79.0 Å². The van der Waals surface area contributed by atoms with Gasteiger partial charge in [-0.25, -0.2) is 0 Å². The molecule has 0 aliphatic rings. The van der Waals surface area contributed by atoms with E-state index in [2.05, 4.69) is 9.97 Å². The third kappa shape index (κ3) is 2.16. The molecule has 2 aromatic heterocycles. The predicted molar refractivity (Wildman–Crippen MR) is 108 cm³/mol. The molecule has 5 rings (SSSR count). The minimum atomic E-state index is -0.134. The van der Waals surface area contributed by atoms with Crippen LogP contribution in [0.15, 0.2) is 58.1 Å². The molecule has 6 heteroatoms. The summed E-state index contributed by atoms with van der Waals surface area (Å²) in [4.78, 5) is 32.2. The molecule has 3 aromatic carbocycles. The van der Waals surface area contributed by atoms with Crippen LogP contribution in [0.2, 0.25) is 10.0 Å². The van der Waals surface area contributed by atoms with Crippen molar-refractivity contribution in [1.29, 1.82) is 0 Å². The quantitative estimate of drug-likeness (QED) is 0.372. The zero-order valence-electron chi connectivity index (χ0n) is 13.2. The summed E-state index contributed by atoms with van der Waals surface area (Å²) in [7, 11) is 0. The molecule has 0 amide bonds. The molecule has 0 aliphatic heterocycles. The maximum atomic E-state index is 12.9. The molecule has 2 N–H and O–H groups in total. The Morgan fingerprint density at radius 1 is 0.538 bits per heavy atom. The molecule has 4 nitrogen and oxygen atoms in total. The van der Waals surface area contributed by atoms with Crippen LogP contribution in [0, 0.1) is 0 Å². The first-order valence-electron chi connectivity index (χ1n) is 7.92. The van der Waals surface area contributed by atoms with E-state index in [1.165, 1.54) is 0 Å². The van der Waals surface area contributed by atoms with Gasteiger partial charge < -0.3 is 9.97 Å². The first-order valence-corrected chi connectivity index (χ1v) is 8.67. The zero-order chi connectivity index (χ0) is 18.0. The Labute approximate surface area is 156 Å². The van der Waals surface area contributed by atoms with E-state index < -0.39 is 0 Å². The van der Waals surface area contributed by atoms with Crippen molar-refractivity contribution >= 4 is 66.8 Å². The monoisotopic (exact) mass is 380 g/mol. The molecule has 0 saturated carbocycles. The average Bonchev–Trinajstić information content (AvgIpc) is 2.62. The van der Waals surface area contributed by atoms with Crippen LogP contribution >= 0.6 is 23.2 Å². The Morgan fingerprint density at radius 3 is 1.77 bits per heavy atom. The fourth-order valence-electron chi connectivity index (χ4n) is 3.39. The molecule has 0 atom stereocenters. The highest BCUT2D eigenvalue weighted by Crippen LogP contribution is 2.23. The highest BCUT2D eigenvalue weighted by atomic mass is 35.5. The minimum Gasteiger partial charge on any atom is -0.354 e. The van der Waals surface area contributed by atoms with Crippen LogP contribution in [0.1, 0.15) is 0 Å². The molecule has 126 valence electrons. The van der Waals surface area contributed by atoms with Crippen LogP contribution in [-0.4, -0.2) is 9.97 Å². The number of nitrogens with one attached hydrogen (secondary N) is 2. The smallest absolute Gasteiger partial charge is 0.197 e. The minimum absolute atomic E-state index is 0.107. The number of fused-ring (bicyclic) bond motifs is 4. The van der Waals surface area contributed by atoms with Gasteiger partial charge in [-0.1, -0.05) is 23.2 Å². The van der Waals surface area contributed by atoms with Crippen molar-refractivity contribution in [2.75, 3.05) is 0 Å². The molecule has 0 saturated heterocycles. The lowest BCUT2D eigenvalue weighted by atomic mass is 10.1. The highest BCUT2D eigenvalue weighted by molar-refractivity contribution is 6.31. The first kappa shape index (κ1) is 15.4. The molecule has 26 heavy (non-hydrogen) atoms. The van der Waals surface area contributed by atoms with E-state index in [0.29, 0.717) is 53.7 Å². The molecule has 2 heterocycles. The van der Waals surface area contributed by atoms with Gasteiger partial charge in [-0.2, -0.15) is 0 Å². The number of aromatic amines is 2. The van der Waals surface area contributed by atoms with Gasteiger partial charge in [-0.3, -0.25) is 9.59 Å². The first-order chi connectivity index (χ1) is 12.5. The average molecular weight is 381 g/mol. The Morgan fingerprint density at radius 2 is 1.04 bits per heavy atom. The maximum Gasteiger partial charge on any atom is 0.197 e. The second-order valence-electron chi connectivity index (χ2n) is 6.23. The van der Waals surface area contributed by atoms with Gasteiger partial charge in [0.1, 0.15) is 0 Å². The largest absolute Gasteiger partial charge is 0.354 e. The second kappa shape index (κ2) is 5.34. The van der Waals surface area contributed by atoms with E-state index >= 15 is 0 Å². The summed E-state index contributed by atoms with van der Waals surface area (Å²) in [6.07, 6.45) is 0. The van der Waals surface area contributed by atoms with E-state index in [1.807, 2.05) is 0 Å². The Hall–Kier alpha value is -2.82. The van der Waals surface area contributed by atoms with Crippen molar-refractivity contribution in [2.24, 2.45) is 0 Å². The van der Waals surface area contributed by atoms with Crippen molar-refractivity contribution in [3.63, 3.8) is 0 Å². The van der Waals surface area contributed by atoms with Crippen LogP contribution in [0.5, 0.6) is 0 Å². The highest BCUT2D eigenvalue weighted by Gasteiger charge is 2.11. The van der Waals surface area contributed by atoms with Gasteiger partial charge in [-0.05, 0) is 48.5 Å². The number of aromatic nitrogens is 2. The maximum absolute atomic E-state index is 12.9. The number of benzene rings is 3. The van der Waals surface area contributed by atoms with Crippen molar-refractivity contribution in [3.8, 4) is 0 Å². The summed E-state index contributed by atoms with van der Waals surface area (Å²) >= 11 is 12.1. The van der Waals surface area contributed by atoms with Crippen LogP contribution in [0.4, 0.5) is 0 Å². The van der Waals surface area contributed by atoms with E-state index in [-0.39, 0.29) is 10.9 Å². The number of H-pyrrole nitrogens is 2. The number of pyridine rings is 2. The topological polar surface area (TPSA) is 65.7 Å². The van der Waals surface area contributed by atoms with E-state index in [1.54, 1.807) is 48.5 Å². The fourth-order valence-corrected chi connectivity index (χ4v) is 3.74. The molecule has 0 aliphatic carbocycles. The fraction of sp³-hybridized carbons (Fsp3) is 0. The summed E-state index contributed by atoms with van der Waals surface area (Å²) in [5, 5.41) is 3.09. The zero-order valence-corrected chi connectivity index (χ0v) is 14.7. The molecule has 0 fully saturated rings. The van der Waals surface area contributed by atoms with Gasteiger partial charge in [0, 0.05) is 37.1 Å². The van der Waals surface area contributed by atoms with Crippen molar-refractivity contribution in [2.45, 2.75) is 0 Å². The lowest BCUT2D eigenvalue weighted by Gasteiger charge is -2.07. The summed E-state index contributed by atoms with van der Waals surface area (Å²) < 4.78 is 0. The third-order valence-electron chi connectivity index (χ3n) is 4.64. The van der Waals surface area contributed by atoms with Gasteiger partial charge >= 0.3 is 0 Å².